The van der Waals surface area contributed by atoms with Crippen molar-refractivity contribution < 1.29 is 9.53 Å². The van der Waals surface area contributed by atoms with Crippen LogP contribution in [0.3, 0.4) is 0 Å². The van der Waals surface area contributed by atoms with Gasteiger partial charge in [-0.3, -0.25) is 9.80 Å². The maximum Gasteiger partial charge on any atom is 0.410 e. The summed E-state index contributed by atoms with van der Waals surface area (Å²) in [7, 11) is 2.23. The predicted molar refractivity (Wildman–Crippen MR) is 149 cm³/mol. The van der Waals surface area contributed by atoms with Crippen LogP contribution < -0.4 is 0 Å². The van der Waals surface area contributed by atoms with Crippen molar-refractivity contribution in [3.63, 3.8) is 0 Å². The number of carbonyl (C=O) groups is 1. The zero-order chi connectivity index (χ0) is 27.0. The molecule has 0 unspecified atom stereocenters. The average molecular weight is 562 g/mol. The highest BCUT2D eigenvalue weighted by Crippen LogP contribution is 2.33. The highest BCUT2D eigenvalue weighted by atomic mass is 35.5. The molecule has 10 heteroatoms. The molecule has 2 aromatic heterocycles. The number of amides is 1. The SMILES string of the molecule is CC(C)(C)OC(=O)N1C[C@@H]2C[C@H]1CN2Cc1ccc(Cl)nc1.CN1C[C@@H]2C[C@H]1CN2Cc1ccc(Cl)nc1. The van der Waals surface area contributed by atoms with Crippen LogP contribution >= 0.6 is 23.2 Å². The quantitative estimate of drug-likeness (QED) is 0.508. The van der Waals surface area contributed by atoms with Crippen molar-refractivity contribution in [2.75, 3.05) is 33.2 Å². The number of rotatable bonds is 4. The summed E-state index contributed by atoms with van der Waals surface area (Å²) in [6.45, 7) is 11.6. The van der Waals surface area contributed by atoms with E-state index in [4.69, 9.17) is 27.9 Å². The molecule has 4 aliphatic rings. The van der Waals surface area contributed by atoms with Crippen LogP contribution in [0.4, 0.5) is 4.79 Å². The number of aromatic nitrogens is 2. The molecule has 0 spiro atoms. The van der Waals surface area contributed by atoms with E-state index in [-0.39, 0.29) is 12.1 Å². The number of likely N-dealkylation sites (tertiary alicyclic amines) is 4. The lowest BCUT2D eigenvalue weighted by Crippen LogP contribution is -2.49. The molecule has 6 rings (SSSR count). The lowest BCUT2D eigenvalue weighted by atomic mass is 10.2. The van der Waals surface area contributed by atoms with Gasteiger partial charge in [-0.05, 0) is 63.9 Å². The Hall–Kier alpha value is -1.97. The van der Waals surface area contributed by atoms with E-state index in [0.717, 1.165) is 50.2 Å². The number of nitrogens with zero attached hydrogens (tertiary/aromatic N) is 6. The maximum absolute atomic E-state index is 12.2. The molecular formula is C28H38Cl2N6O2. The van der Waals surface area contributed by atoms with Gasteiger partial charge in [0.2, 0.25) is 0 Å². The Balaban J connectivity index is 0.000000162. The molecule has 0 radical (unpaired) electrons. The number of hydrogen-bond acceptors (Lipinski definition) is 7. The Morgan fingerprint density at radius 2 is 1.37 bits per heavy atom. The molecular weight excluding hydrogens is 523 g/mol. The van der Waals surface area contributed by atoms with E-state index >= 15 is 0 Å². The van der Waals surface area contributed by atoms with Gasteiger partial charge in [0, 0.05) is 75.8 Å². The minimum absolute atomic E-state index is 0.187. The normalized spacial score (nSPS) is 27.1. The first-order valence-corrected chi connectivity index (χ1v) is 14.2. The third-order valence-electron chi connectivity index (χ3n) is 7.96. The Bertz CT molecular complexity index is 1110. The highest BCUT2D eigenvalue weighted by molar-refractivity contribution is 6.29. The fourth-order valence-electron chi connectivity index (χ4n) is 6.10. The second-order valence-corrected chi connectivity index (χ2v) is 12.8. The summed E-state index contributed by atoms with van der Waals surface area (Å²) in [4.78, 5) is 29.8. The molecule has 6 heterocycles. The summed E-state index contributed by atoms with van der Waals surface area (Å²) in [6.07, 6.45) is 5.88. The zero-order valence-electron chi connectivity index (χ0n) is 22.7. The Kier molecular flexibility index (Phi) is 8.17. The average Bonchev–Trinajstić information content (AvgIpc) is 3.62. The topological polar surface area (TPSA) is 65.0 Å². The molecule has 0 saturated carbocycles. The minimum atomic E-state index is -0.437. The van der Waals surface area contributed by atoms with E-state index in [9.17, 15) is 4.79 Å². The van der Waals surface area contributed by atoms with Gasteiger partial charge in [0.1, 0.15) is 15.9 Å². The van der Waals surface area contributed by atoms with Crippen LogP contribution in [0.1, 0.15) is 44.7 Å². The molecule has 4 saturated heterocycles. The molecule has 38 heavy (non-hydrogen) atoms. The second-order valence-electron chi connectivity index (χ2n) is 12.0. The van der Waals surface area contributed by atoms with E-state index < -0.39 is 5.60 Å². The number of piperazine rings is 2. The molecule has 8 nitrogen and oxygen atoms in total. The lowest BCUT2D eigenvalue weighted by Gasteiger charge is -2.35. The molecule has 0 aromatic carbocycles. The van der Waals surface area contributed by atoms with E-state index in [2.05, 4.69) is 37.8 Å². The molecule has 2 aromatic rings. The first-order chi connectivity index (χ1) is 18.0. The zero-order valence-corrected chi connectivity index (χ0v) is 24.2. The molecule has 0 aliphatic carbocycles. The van der Waals surface area contributed by atoms with Gasteiger partial charge in [0.05, 0.1) is 0 Å². The summed E-state index contributed by atoms with van der Waals surface area (Å²) in [5, 5.41) is 1.09. The van der Waals surface area contributed by atoms with Crippen LogP contribution in [-0.2, 0) is 17.8 Å². The van der Waals surface area contributed by atoms with E-state index in [1.807, 2.05) is 56.3 Å². The van der Waals surface area contributed by atoms with Gasteiger partial charge in [-0.2, -0.15) is 0 Å². The van der Waals surface area contributed by atoms with Gasteiger partial charge in [-0.15, -0.1) is 0 Å². The number of fused-ring (bicyclic) bond motifs is 4. The van der Waals surface area contributed by atoms with Crippen LogP contribution in [0.2, 0.25) is 10.3 Å². The summed E-state index contributed by atoms with van der Waals surface area (Å²) in [6, 6.07) is 9.96. The van der Waals surface area contributed by atoms with E-state index in [1.165, 1.54) is 25.1 Å². The fraction of sp³-hybridized carbons (Fsp3) is 0.607. The van der Waals surface area contributed by atoms with Crippen molar-refractivity contribution in [1.29, 1.82) is 0 Å². The van der Waals surface area contributed by atoms with Crippen molar-refractivity contribution in [3.05, 3.63) is 58.1 Å². The van der Waals surface area contributed by atoms with Gasteiger partial charge < -0.3 is 14.5 Å². The van der Waals surface area contributed by atoms with Gasteiger partial charge in [0.15, 0.2) is 0 Å². The first kappa shape index (κ1) is 27.6. The number of pyridine rings is 2. The Labute approximate surface area is 235 Å². The number of carbonyl (C=O) groups excluding carboxylic acids is 1. The van der Waals surface area contributed by atoms with Crippen molar-refractivity contribution in [1.82, 2.24) is 29.6 Å². The maximum atomic E-state index is 12.2. The number of halogens is 2. The summed E-state index contributed by atoms with van der Waals surface area (Å²) >= 11 is 11.6. The van der Waals surface area contributed by atoms with Crippen molar-refractivity contribution in [3.8, 4) is 0 Å². The minimum Gasteiger partial charge on any atom is -0.444 e. The van der Waals surface area contributed by atoms with E-state index in [1.54, 1.807) is 0 Å². The number of likely N-dealkylation sites (N-methyl/N-ethyl adjacent to an activating group) is 1. The molecule has 0 N–H and O–H groups in total. The lowest BCUT2D eigenvalue weighted by molar-refractivity contribution is 0.0124. The van der Waals surface area contributed by atoms with Gasteiger partial charge in [-0.25, -0.2) is 14.8 Å². The molecule has 4 atom stereocenters. The first-order valence-electron chi connectivity index (χ1n) is 13.4. The van der Waals surface area contributed by atoms with Gasteiger partial charge >= 0.3 is 6.09 Å². The monoisotopic (exact) mass is 560 g/mol. The smallest absolute Gasteiger partial charge is 0.410 e. The van der Waals surface area contributed by atoms with Crippen molar-refractivity contribution >= 4 is 29.3 Å². The van der Waals surface area contributed by atoms with Gasteiger partial charge in [-0.1, -0.05) is 35.3 Å². The van der Waals surface area contributed by atoms with Crippen LogP contribution in [0, 0.1) is 0 Å². The van der Waals surface area contributed by atoms with E-state index in [0.29, 0.717) is 16.3 Å². The van der Waals surface area contributed by atoms with Crippen LogP contribution in [0.25, 0.3) is 0 Å². The Morgan fingerprint density at radius 1 is 0.842 bits per heavy atom. The van der Waals surface area contributed by atoms with Crippen molar-refractivity contribution in [2.24, 2.45) is 0 Å². The molecule has 1 amide bonds. The third-order valence-corrected chi connectivity index (χ3v) is 8.41. The number of ether oxygens (including phenoxy) is 1. The molecule has 206 valence electrons. The summed E-state index contributed by atoms with van der Waals surface area (Å²) < 4.78 is 5.48. The summed E-state index contributed by atoms with van der Waals surface area (Å²) in [5.74, 6) is 0. The van der Waals surface area contributed by atoms with Crippen molar-refractivity contribution in [2.45, 2.75) is 76.5 Å². The largest absolute Gasteiger partial charge is 0.444 e. The molecule has 4 bridgehead atoms. The standard InChI is InChI=1S/C16H22ClN3O2.C12H16ClN3/c1-16(2,3)22-15(21)20-10-12-6-13(20)9-19(12)8-11-4-5-14(17)18-7-11;1-15-7-11-4-10(15)8-16(11)6-9-2-3-12(13)14-5-9/h4-5,7,12-13H,6,8-10H2,1-3H3;2-3,5,10-11H,4,6-8H2,1H3/t12-,13-;10-,11-/m00/s1. The van der Waals surface area contributed by atoms with Crippen LogP contribution in [0.15, 0.2) is 36.7 Å². The number of hydrogen-bond donors (Lipinski definition) is 0. The Morgan fingerprint density at radius 3 is 1.76 bits per heavy atom. The van der Waals surface area contributed by atoms with Gasteiger partial charge in [0.25, 0.3) is 0 Å². The molecule has 4 aliphatic heterocycles. The molecule has 4 fully saturated rings. The third kappa shape index (κ3) is 6.59. The van der Waals surface area contributed by atoms with Crippen LogP contribution in [-0.4, -0.2) is 98.7 Å². The second kappa shape index (κ2) is 11.3. The highest BCUT2D eigenvalue weighted by Gasteiger charge is 2.46. The fourth-order valence-corrected chi connectivity index (χ4v) is 6.32. The van der Waals surface area contributed by atoms with Crippen LogP contribution in [0.5, 0.6) is 0 Å². The summed E-state index contributed by atoms with van der Waals surface area (Å²) in [5.41, 5.74) is 1.98. The predicted octanol–water partition coefficient (Wildman–Crippen LogP) is 4.55.